The molecule has 80 valence electrons. The quantitative estimate of drug-likeness (QED) is 0.732. The van der Waals surface area contributed by atoms with Crippen LogP contribution in [-0.2, 0) is 4.79 Å². The van der Waals surface area contributed by atoms with E-state index in [1.165, 1.54) is 6.92 Å². The Kier molecular flexibility index (Phi) is 2.96. The molecule has 0 atom stereocenters. The molecule has 0 aliphatic carbocycles. The van der Waals surface area contributed by atoms with E-state index in [2.05, 4.69) is 5.10 Å². The highest BCUT2D eigenvalue weighted by Gasteiger charge is 2.06. The van der Waals surface area contributed by atoms with Crippen molar-refractivity contribution in [3.05, 3.63) is 54.4 Å². The fraction of sp³-hybridized carbons (Fsp3) is 0.0769. The molecule has 0 fully saturated rings. The lowest BCUT2D eigenvalue weighted by atomic mass is 10.1. The molecule has 2 aromatic rings. The van der Waals surface area contributed by atoms with E-state index in [1.54, 1.807) is 23.1 Å². The monoisotopic (exact) mass is 212 g/mol. The summed E-state index contributed by atoms with van der Waals surface area (Å²) in [5.74, 6) is -0.00690. The number of aromatic nitrogens is 2. The van der Waals surface area contributed by atoms with Crippen LogP contribution in [0.2, 0.25) is 0 Å². The highest BCUT2D eigenvalue weighted by Crippen LogP contribution is 2.11. The molecule has 0 spiro atoms. The van der Waals surface area contributed by atoms with Gasteiger partial charge in [-0.15, -0.1) is 0 Å². The van der Waals surface area contributed by atoms with Crippen LogP contribution in [0.5, 0.6) is 0 Å². The van der Waals surface area contributed by atoms with Gasteiger partial charge in [0.15, 0.2) is 5.78 Å². The molecule has 0 aliphatic rings. The second-order valence-electron chi connectivity index (χ2n) is 3.45. The summed E-state index contributed by atoms with van der Waals surface area (Å²) < 4.78 is 1.58. The van der Waals surface area contributed by atoms with Gasteiger partial charge in [0, 0.05) is 19.3 Å². The van der Waals surface area contributed by atoms with Crippen molar-refractivity contribution in [1.29, 1.82) is 0 Å². The third-order valence-electron chi connectivity index (χ3n) is 2.21. The first-order valence-electron chi connectivity index (χ1n) is 5.05. The zero-order chi connectivity index (χ0) is 11.4. The van der Waals surface area contributed by atoms with E-state index >= 15 is 0 Å². The number of allylic oxidation sites excluding steroid dienone is 1. The third kappa shape index (κ3) is 2.25. The summed E-state index contributed by atoms with van der Waals surface area (Å²) >= 11 is 0. The summed E-state index contributed by atoms with van der Waals surface area (Å²) in [7, 11) is 0. The molecule has 0 N–H and O–H groups in total. The van der Waals surface area contributed by atoms with Crippen molar-refractivity contribution in [3.8, 4) is 0 Å². The maximum atomic E-state index is 11.5. The molecule has 1 heterocycles. The van der Waals surface area contributed by atoms with Gasteiger partial charge in [0.25, 0.3) is 0 Å². The summed E-state index contributed by atoms with van der Waals surface area (Å²) in [5.41, 5.74) is 1.56. The molecular weight excluding hydrogens is 200 g/mol. The summed E-state index contributed by atoms with van der Waals surface area (Å²) in [6.45, 7) is 1.54. The van der Waals surface area contributed by atoms with E-state index in [0.29, 0.717) is 5.70 Å². The van der Waals surface area contributed by atoms with Crippen molar-refractivity contribution in [2.24, 2.45) is 0 Å². The molecule has 3 heteroatoms. The Morgan fingerprint density at radius 3 is 2.56 bits per heavy atom. The van der Waals surface area contributed by atoms with Gasteiger partial charge in [0.2, 0.25) is 0 Å². The van der Waals surface area contributed by atoms with Crippen molar-refractivity contribution < 1.29 is 4.79 Å². The number of benzene rings is 1. The molecule has 16 heavy (non-hydrogen) atoms. The van der Waals surface area contributed by atoms with E-state index in [-0.39, 0.29) is 5.78 Å². The molecular formula is C13H12N2O. The fourth-order valence-electron chi connectivity index (χ4n) is 1.45. The Balaban J connectivity index is 2.42. The van der Waals surface area contributed by atoms with E-state index < -0.39 is 0 Å². The summed E-state index contributed by atoms with van der Waals surface area (Å²) in [6, 6.07) is 11.5. The van der Waals surface area contributed by atoms with Crippen molar-refractivity contribution in [3.63, 3.8) is 0 Å². The number of rotatable bonds is 3. The minimum Gasteiger partial charge on any atom is -0.293 e. The van der Waals surface area contributed by atoms with Crippen LogP contribution in [0.15, 0.2) is 48.8 Å². The molecule has 0 aliphatic heterocycles. The Labute approximate surface area is 94.0 Å². The number of carbonyl (C=O) groups is 1. The summed E-state index contributed by atoms with van der Waals surface area (Å²) in [4.78, 5) is 11.5. The Morgan fingerprint density at radius 2 is 2.00 bits per heavy atom. The van der Waals surface area contributed by atoms with Gasteiger partial charge < -0.3 is 0 Å². The minimum absolute atomic E-state index is 0.00690. The molecule has 1 aromatic heterocycles. The first-order valence-corrected chi connectivity index (χ1v) is 5.05. The first-order chi connectivity index (χ1) is 7.77. The lowest BCUT2D eigenvalue weighted by molar-refractivity contribution is -0.112. The van der Waals surface area contributed by atoms with E-state index in [9.17, 15) is 4.79 Å². The zero-order valence-electron chi connectivity index (χ0n) is 9.00. The lowest BCUT2D eigenvalue weighted by Gasteiger charge is -2.03. The number of hydrogen-bond donors (Lipinski definition) is 0. The van der Waals surface area contributed by atoms with Gasteiger partial charge in [0.1, 0.15) is 5.70 Å². The van der Waals surface area contributed by atoms with E-state index in [0.717, 1.165) is 5.56 Å². The van der Waals surface area contributed by atoms with Gasteiger partial charge in [-0.2, -0.15) is 5.10 Å². The smallest absolute Gasteiger partial charge is 0.178 e. The molecule has 0 saturated carbocycles. The highest BCUT2D eigenvalue weighted by atomic mass is 16.1. The number of ketones is 1. The zero-order valence-corrected chi connectivity index (χ0v) is 9.00. The molecule has 0 unspecified atom stereocenters. The molecule has 1 aromatic carbocycles. The molecule has 0 amide bonds. The third-order valence-corrected chi connectivity index (χ3v) is 2.21. The molecule has 0 saturated heterocycles. The van der Waals surface area contributed by atoms with Crippen molar-refractivity contribution >= 4 is 17.6 Å². The summed E-state index contributed by atoms with van der Waals surface area (Å²) in [6.07, 6.45) is 5.24. The Bertz CT molecular complexity index is 498. The minimum atomic E-state index is -0.00690. The summed E-state index contributed by atoms with van der Waals surface area (Å²) in [5, 5.41) is 4.06. The van der Waals surface area contributed by atoms with Crippen LogP contribution >= 0.6 is 0 Å². The van der Waals surface area contributed by atoms with Gasteiger partial charge in [0.05, 0.1) is 0 Å². The van der Waals surface area contributed by atoms with Crippen LogP contribution in [-0.4, -0.2) is 15.6 Å². The Morgan fingerprint density at radius 1 is 1.25 bits per heavy atom. The van der Waals surface area contributed by atoms with Crippen LogP contribution in [0.1, 0.15) is 12.5 Å². The molecule has 2 rings (SSSR count). The van der Waals surface area contributed by atoms with Crippen molar-refractivity contribution in [1.82, 2.24) is 9.78 Å². The second kappa shape index (κ2) is 4.57. The maximum Gasteiger partial charge on any atom is 0.178 e. The number of hydrogen-bond acceptors (Lipinski definition) is 2. The van der Waals surface area contributed by atoms with Crippen LogP contribution in [0.3, 0.4) is 0 Å². The molecule has 0 bridgehead atoms. The number of Topliss-reactive ketones (excluding diaryl/α,β-unsaturated/α-hetero) is 1. The highest BCUT2D eigenvalue weighted by molar-refractivity contribution is 6.18. The predicted molar refractivity (Wildman–Crippen MR) is 63.5 cm³/mol. The maximum absolute atomic E-state index is 11.5. The predicted octanol–water partition coefficient (Wildman–Crippen LogP) is 2.47. The SMILES string of the molecule is CC(=O)/C(=C/c1ccccc1)n1cccn1. The van der Waals surface area contributed by atoms with E-state index in [4.69, 9.17) is 0 Å². The Hall–Kier alpha value is -2.16. The van der Waals surface area contributed by atoms with Crippen LogP contribution < -0.4 is 0 Å². The van der Waals surface area contributed by atoms with Crippen molar-refractivity contribution in [2.45, 2.75) is 6.92 Å². The van der Waals surface area contributed by atoms with Gasteiger partial charge in [-0.05, 0) is 17.7 Å². The van der Waals surface area contributed by atoms with E-state index in [1.807, 2.05) is 36.4 Å². The first kappa shape index (κ1) is 10.4. The standard InChI is InChI=1S/C13H12N2O/c1-11(16)13(15-9-5-8-14-15)10-12-6-3-2-4-7-12/h2-10H,1H3/b13-10-. The average Bonchev–Trinajstić information content (AvgIpc) is 2.80. The second-order valence-corrected chi connectivity index (χ2v) is 3.45. The van der Waals surface area contributed by atoms with Crippen LogP contribution in [0.25, 0.3) is 11.8 Å². The normalized spacial score (nSPS) is 11.4. The van der Waals surface area contributed by atoms with Crippen molar-refractivity contribution in [2.75, 3.05) is 0 Å². The van der Waals surface area contributed by atoms with Crippen LogP contribution in [0, 0.1) is 0 Å². The van der Waals surface area contributed by atoms with Gasteiger partial charge >= 0.3 is 0 Å². The number of nitrogens with zero attached hydrogens (tertiary/aromatic N) is 2. The van der Waals surface area contributed by atoms with Crippen LogP contribution in [0.4, 0.5) is 0 Å². The largest absolute Gasteiger partial charge is 0.293 e. The van der Waals surface area contributed by atoms with Gasteiger partial charge in [-0.3, -0.25) is 4.79 Å². The fourth-order valence-corrected chi connectivity index (χ4v) is 1.45. The average molecular weight is 212 g/mol. The molecule has 3 nitrogen and oxygen atoms in total. The molecule has 0 radical (unpaired) electrons. The van der Waals surface area contributed by atoms with Gasteiger partial charge in [-0.1, -0.05) is 30.3 Å². The lowest BCUT2D eigenvalue weighted by Crippen LogP contribution is -2.05. The number of carbonyl (C=O) groups excluding carboxylic acids is 1. The van der Waals surface area contributed by atoms with Gasteiger partial charge in [-0.25, -0.2) is 4.68 Å². The topological polar surface area (TPSA) is 34.9 Å².